The van der Waals surface area contributed by atoms with Gasteiger partial charge in [0.25, 0.3) is 0 Å². The van der Waals surface area contributed by atoms with Crippen molar-refractivity contribution >= 4 is 54.9 Å². The highest BCUT2D eigenvalue weighted by atomic mass is 32.2. The third-order valence-electron chi connectivity index (χ3n) is 2.58. The maximum Gasteiger partial charge on any atom is 0.211 e. The Labute approximate surface area is 149 Å². The van der Waals surface area contributed by atoms with Crippen molar-refractivity contribution in [1.29, 1.82) is 0 Å². The Hall–Kier alpha value is 0.0800. The maximum atomic E-state index is 11.3. The number of sulfonamides is 2. The molecule has 0 unspecified atom stereocenters. The van der Waals surface area contributed by atoms with Crippen LogP contribution in [0.25, 0.3) is 0 Å². The molecule has 1 aromatic rings. The van der Waals surface area contributed by atoms with E-state index < -0.39 is 20.0 Å². The highest BCUT2D eigenvalue weighted by Crippen LogP contribution is 2.29. The smallest absolute Gasteiger partial charge is 0.211 e. The van der Waals surface area contributed by atoms with Crippen LogP contribution in [0.2, 0.25) is 0 Å². The van der Waals surface area contributed by atoms with Crippen LogP contribution in [0.15, 0.2) is 8.68 Å². The van der Waals surface area contributed by atoms with Crippen molar-refractivity contribution in [3.8, 4) is 0 Å². The van der Waals surface area contributed by atoms with Crippen LogP contribution in [-0.2, 0) is 20.0 Å². The first-order valence-corrected chi connectivity index (χ1v) is 12.8. The second-order valence-corrected chi connectivity index (χ2v) is 12.0. The lowest BCUT2D eigenvalue weighted by Crippen LogP contribution is -2.22. The first-order valence-electron chi connectivity index (χ1n) is 6.69. The summed E-state index contributed by atoms with van der Waals surface area (Å²) in [6.07, 6.45) is 1.08. The molecule has 1 aromatic heterocycles. The molecule has 0 aliphatic rings. The second-order valence-electron chi connectivity index (χ2n) is 4.28. The van der Waals surface area contributed by atoms with E-state index in [0.717, 1.165) is 8.68 Å². The van der Waals surface area contributed by atoms with Crippen LogP contribution in [-0.4, -0.2) is 64.1 Å². The van der Waals surface area contributed by atoms with Gasteiger partial charge in [-0.1, -0.05) is 34.9 Å². The van der Waals surface area contributed by atoms with Crippen LogP contribution in [0.4, 0.5) is 0 Å². The minimum atomic E-state index is -3.15. The third kappa shape index (κ3) is 9.22. The van der Waals surface area contributed by atoms with E-state index >= 15 is 0 Å². The summed E-state index contributed by atoms with van der Waals surface area (Å²) in [5.74, 6) is 1.49. The van der Waals surface area contributed by atoms with E-state index in [1.807, 2.05) is 0 Å². The minimum Gasteiger partial charge on any atom is -0.218 e. The Morgan fingerprint density at radius 2 is 1.26 bits per heavy atom. The Bertz CT molecular complexity index is 617. The van der Waals surface area contributed by atoms with E-state index in [-0.39, 0.29) is 11.5 Å². The highest BCUT2D eigenvalue weighted by molar-refractivity contribution is 8.03. The first kappa shape index (κ1) is 21.1. The van der Waals surface area contributed by atoms with E-state index in [0.29, 0.717) is 24.3 Å². The normalized spacial score (nSPS) is 12.6. The van der Waals surface area contributed by atoms with Gasteiger partial charge in [-0.25, -0.2) is 26.3 Å². The number of hydrogen-bond acceptors (Lipinski definition) is 9. The fourth-order valence-electron chi connectivity index (χ4n) is 1.33. The van der Waals surface area contributed by atoms with E-state index in [9.17, 15) is 16.8 Å². The van der Waals surface area contributed by atoms with Crippen molar-refractivity contribution in [2.75, 3.05) is 37.1 Å². The van der Waals surface area contributed by atoms with Gasteiger partial charge < -0.3 is 0 Å². The molecule has 0 bridgehead atoms. The zero-order chi connectivity index (χ0) is 17.3. The summed E-state index contributed by atoms with van der Waals surface area (Å²) < 4.78 is 51.2. The van der Waals surface area contributed by atoms with E-state index in [1.54, 1.807) is 0 Å². The second kappa shape index (κ2) is 10.2. The van der Waals surface area contributed by atoms with Crippen molar-refractivity contribution in [2.24, 2.45) is 0 Å². The predicted octanol–water partition coefficient (Wildman–Crippen LogP) is 0.601. The summed E-state index contributed by atoms with van der Waals surface area (Å²) in [6.45, 7) is 0. The van der Waals surface area contributed by atoms with E-state index in [4.69, 9.17) is 0 Å². The molecular weight excluding hydrogens is 400 g/mol. The van der Waals surface area contributed by atoms with Crippen molar-refractivity contribution in [3.05, 3.63) is 0 Å². The van der Waals surface area contributed by atoms with Crippen molar-refractivity contribution in [1.82, 2.24) is 19.6 Å². The molecule has 0 aliphatic heterocycles. The molecule has 23 heavy (non-hydrogen) atoms. The van der Waals surface area contributed by atoms with Crippen molar-refractivity contribution < 1.29 is 16.8 Å². The summed E-state index contributed by atoms with van der Waals surface area (Å²) in [4.78, 5) is 0. The molecule has 1 heterocycles. The summed E-state index contributed by atoms with van der Waals surface area (Å²) in [7, 11) is -3.50. The Morgan fingerprint density at radius 1 is 0.870 bits per heavy atom. The van der Waals surface area contributed by atoms with Crippen LogP contribution in [0, 0.1) is 0 Å². The molecule has 1 rings (SSSR count). The van der Waals surface area contributed by atoms with Gasteiger partial charge in [0, 0.05) is 11.5 Å². The summed E-state index contributed by atoms with van der Waals surface area (Å²) in [6, 6.07) is 0. The molecule has 0 atom stereocenters. The zero-order valence-electron chi connectivity index (χ0n) is 12.8. The Balaban J connectivity index is 2.24. The number of aromatic nitrogens is 2. The standard InChI is InChI=1S/C10H20N4O4S5/c1-11-22(15,16)7-3-5-19-9-13-14-10(21-9)20-6-4-8-23(17,18)12-2/h11-12H,3-8H2,1-2H3. The quantitative estimate of drug-likeness (QED) is 0.373. The average molecular weight is 421 g/mol. The van der Waals surface area contributed by atoms with Gasteiger partial charge in [-0.05, 0) is 26.9 Å². The van der Waals surface area contributed by atoms with Crippen LogP contribution in [0.3, 0.4) is 0 Å². The van der Waals surface area contributed by atoms with Crippen LogP contribution >= 0.6 is 34.9 Å². The largest absolute Gasteiger partial charge is 0.218 e. The lowest BCUT2D eigenvalue weighted by molar-refractivity contribution is 0.585. The monoisotopic (exact) mass is 420 g/mol. The predicted molar refractivity (Wildman–Crippen MR) is 96.3 cm³/mol. The first-order chi connectivity index (χ1) is 10.8. The zero-order valence-corrected chi connectivity index (χ0v) is 16.9. The lowest BCUT2D eigenvalue weighted by atomic mass is 10.6. The molecule has 0 saturated carbocycles. The number of thioether (sulfide) groups is 2. The maximum absolute atomic E-state index is 11.3. The Kier molecular flexibility index (Phi) is 9.33. The topological polar surface area (TPSA) is 118 Å². The molecule has 0 spiro atoms. The van der Waals surface area contributed by atoms with Crippen LogP contribution < -0.4 is 9.44 Å². The van der Waals surface area contributed by atoms with Gasteiger partial charge in [-0.2, -0.15) is 0 Å². The summed E-state index contributed by atoms with van der Waals surface area (Å²) in [5.41, 5.74) is 0. The number of nitrogens with zero attached hydrogens (tertiary/aromatic N) is 2. The average Bonchev–Trinajstić information content (AvgIpc) is 2.96. The van der Waals surface area contributed by atoms with Gasteiger partial charge in [-0.3, -0.25) is 0 Å². The van der Waals surface area contributed by atoms with Gasteiger partial charge >= 0.3 is 0 Å². The van der Waals surface area contributed by atoms with Gasteiger partial charge in [0.1, 0.15) is 0 Å². The highest BCUT2D eigenvalue weighted by Gasteiger charge is 2.10. The number of hydrogen-bond donors (Lipinski definition) is 2. The number of nitrogens with one attached hydrogen (secondary N) is 2. The summed E-state index contributed by atoms with van der Waals surface area (Å²) >= 11 is 4.38. The van der Waals surface area contributed by atoms with Gasteiger partial charge in [0.15, 0.2) is 8.68 Å². The molecule has 13 heteroatoms. The Morgan fingerprint density at radius 3 is 1.61 bits per heavy atom. The van der Waals surface area contributed by atoms with E-state index in [2.05, 4.69) is 19.6 Å². The lowest BCUT2D eigenvalue weighted by Gasteiger charge is -2.00. The molecule has 0 aromatic carbocycles. The fraction of sp³-hybridized carbons (Fsp3) is 0.800. The van der Waals surface area contributed by atoms with Gasteiger partial charge in [-0.15, -0.1) is 10.2 Å². The van der Waals surface area contributed by atoms with Crippen molar-refractivity contribution in [3.63, 3.8) is 0 Å². The fourth-order valence-corrected chi connectivity index (χ4v) is 6.20. The minimum absolute atomic E-state index is 0.0941. The van der Waals surface area contributed by atoms with Crippen molar-refractivity contribution in [2.45, 2.75) is 21.5 Å². The molecular formula is C10H20N4O4S5. The molecule has 0 radical (unpaired) electrons. The molecule has 0 amide bonds. The SMILES string of the molecule is CNS(=O)(=O)CCCSc1nnc(SCCCS(=O)(=O)NC)s1. The van der Waals surface area contributed by atoms with Gasteiger partial charge in [0.05, 0.1) is 11.5 Å². The van der Waals surface area contributed by atoms with Crippen LogP contribution in [0.1, 0.15) is 12.8 Å². The molecule has 0 saturated heterocycles. The molecule has 2 N–H and O–H groups in total. The molecule has 0 aliphatic carbocycles. The molecule has 134 valence electrons. The van der Waals surface area contributed by atoms with Crippen LogP contribution in [0.5, 0.6) is 0 Å². The van der Waals surface area contributed by atoms with E-state index in [1.165, 1.54) is 49.0 Å². The summed E-state index contributed by atoms with van der Waals surface area (Å²) in [5, 5.41) is 8.06. The van der Waals surface area contributed by atoms with Gasteiger partial charge in [0.2, 0.25) is 20.0 Å². The third-order valence-corrected chi connectivity index (χ3v) is 8.83. The molecule has 0 fully saturated rings. The molecule has 8 nitrogen and oxygen atoms in total. The number of rotatable bonds is 12.